The van der Waals surface area contributed by atoms with E-state index in [-0.39, 0.29) is 12.0 Å². The number of carbonyl (C=O) groups excluding carboxylic acids is 1. The standard InChI is InChI=1S/C15H22N2O2/c1-2-10-17(13-8-6-12(16)7-9-13)15(18)14-5-3-4-11-19-14/h6-9,14H,2-5,10-11,16H2,1H3. The van der Waals surface area contributed by atoms with E-state index in [0.29, 0.717) is 18.8 Å². The van der Waals surface area contributed by atoms with Crippen LogP contribution < -0.4 is 10.6 Å². The van der Waals surface area contributed by atoms with Crippen LogP contribution in [0.4, 0.5) is 11.4 Å². The van der Waals surface area contributed by atoms with Crippen LogP contribution in [0.5, 0.6) is 0 Å². The van der Waals surface area contributed by atoms with Crippen LogP contribution in [0.15, 0.2) is 24.3 Å². The monoisotopic (exact) mass is 262 g/mol. The summed E-state index contributed by atoms with van der Waals surface area (Å²) < 4.78 is 5.60. The van der Waals surface area contributed by atoms with Gasteiger partial charge in [-0.05, 0) is 49.9 Å². The van der Waals surface area contributed by atoms with E-state index in [0.717, 1.165) is 31.4 Å². The van der Waals surface area contributed by atoms with E-state index >= 15 is 0 Å². The third-order valence-corrected chi connectivity index (χ3v) is 3.37. The SMILES string of the molecule is CCCN(C(=O)C1CCCCO1)c1ccc(N)cc1. The summed E-state index contributed by atoms with van der Waals surface area (Å²) in [4.78, 5) is 14.4. The number of nitrogens with two attached hydrogens (primary N) is 1. The zero-order valence-electron chi connectivity index (χ0n) is 11.5. The van der Waals surface area contributed by atoms with E-state index in [4.69, 9.17) is 10.5 Å². The predicted octanol–water partition coefficient (Wildman–Crippen LogP) is 2.58. The molecule has 2 rings (SSSR count). The lowest BCUT2D eigenvalue weighted by atomic mass is 10.1. The minimum atomic E-state index is -0.280. The Balaban J connectivity index is 2.14. The van der Waals surface area contributed by atoms with Gasteiger partial charge >= 0.3 is 0 Å². The molecular weight excluding hydrogens is 240 g/mol. The Kier molecular flexibility index (Phi) is 4.80. The molecule has 4 nitrogen and oxygen atoms in total. The molecule has 1 fully saturated rings. The van der Waals surface area contributed by atoms with Gasteiger partial charge in [-0.1, -0.05) is 6.92 Å². The number of rotatable bonds is 4. The van der Waals surface area contributed by atoms with Crippen molar-refractivity contribution in [2.75, 3.05) is 23.8 Å². The average Bonchev–Trinajstić information content (AvgIpc) is 2.46. The second kappa shape index (κ2) is 6.57. The average molecular weight is 262 g/mol. The number of amides is 1. The van der Waals surface area contributed by atoms with E-state index in [1.807, 2.05) is 29.2 Å². The number of ether oxygens (including phenoxy) is 1. The van der Waals surface area contributed by atoms with Gasteiger partial charge in [0.25, 0.3) is 5.91 Å². The van der Waals surface area contributed by atoms with Crippen molar-refractivity contribution < 1.29 is 9.53 Å². The molecule has 0 radical (unpaired) electrons. The lowest BCUT2D eigenvalue weighted by molar-refractivity contribution is -0.132. The first kappa shape index (κ1) is 13.9. The van der Waals surface area contributed by atoms with Gasteiger partial charge in [0.2, 0.25) is 0 Å². The van der Waals surface area contributed by atoms with Crippen LogP contribution >= 0.6 is 0 Å². The third-order valence-electron chi connectivity index (χ3n) is 3.37. The highest BCUT2D eigenvalue weighted by Crippen LogP contribution is 2.21. The van der Waals surface area contributed by atoms with Gasteiger partial charge in [-0.3, -0.25) is 4.79 Å². The molecule has 1 aliphatic heterocycles. The van der Waals surface area contributed by atoms with Gasteiger partial charge in [0.15, 0.2) is 0 Å². The summed E-state index contributed by atoms with van der Waals surface area (Å²) in [7, 11) is 0. The molecule has 19 heavy (non-hydrogen) atoms. The van der Waals surface area contributed by atoms with Crippen molar-refractivity contribution >= 4 is 17.3 Å². The van der Waals surface area contributed by atoms with Crippen molar-refractivity contribution in [3.8, 4) is 0 Å². The first-order chi connectivity index (χ1) is 9.22. The number of nitrogen functional groups attached to an aromatic ring is 1. The van der Waals surface area contributed by atoms with Crippen molar-refractivity contribution in [1.82, 2.24) is 0 Å². The number of benzene rings is 1. The lowest BCUT2D eigenvalue weighted by Gasteiger charge is -2.29. The Hall–Kier alpha value is -1.55. The van der Waals surface area contributed by atoms with E-state index < -0.39 is 0 Å². The highest BCUT2D eigenvalue weighted by atomic mass is 16.5. The summed E-state index contributed by atoms with van der Waals surface area (Å²) in [6, 6.07) is 7.44. The fourth-order valence-electron chi connectivity index (χ4n) is 2.35. The molecule has 1 heterocycles. The summed E-state index contributed by atoms with van der Waals surface area (Å²) >= 11 is 0. The zero-order chi connectivity index (χ0) is 13.7. The lowest BCUT2D eigenvalue weighted by Crippen LogP contribution is -2.42. The summed E-state index contributed by atoms with van der Waals surface area (Å²) in [6.07, 6.45) is 3.59. The molecule has 1 saturated heterocycles. The Morgan fingerprint density at radius 1 is 1.37 bits per heavy atom. The van der Waals surface area contributed by atoms with Gasteiger partial charge in [-0.15, -0.1) is 0 Å². The van der Waals surface area contributed by atoms with Gasteiger partial charge in [-0.2, -0.15) is 0 Å². The van der Waals surface area contributed by atoms with Gasteiger partial charge < -0.3 is 15.4 Å². The minimum absolute atomic E-state index is 0.0753. The molecule has 0 saturated carbocycles. The van der Waals surface area contributed by atoms with E-state index in [1.54, 1.807) is 0 Å². The van der Waals surface area contributed by atoms with Crippen LogP contribution in [0.3, 0.4) is 0 Å². The molecule has 0 spiro atoms. The first-order valence-corrected chi connectivity index (χ1v) is 7.01. The van der Waals surface area contributed by atoms with Crippen LogP contribution in [-0.4, -0.2) is 25.2 Å². The maximum Gasteiger partial charge on any atom is 0.256 e. The highest BCUT2D eigenvalue weighted by molar-refractivity contribution is 5.96. The maximum absolute atomic E-state index is 12.5. The molecule has 0 aliphatic carbocycles. The summed E-state index contributed by atoms with van der Waals surface area (Å²) in [5.74, 6) is 0.0753. The van der Waals surface area contributed by atoms with Crippen LogP contribution in [0, 0.1) is 0 Å². The number of hydrogen-bond acceptors (Lipinski definition) is 3. The molecular formula is C15H22N2O2. The van der Waals surface area contributed by atoms with Crippen molar-refractivity contribution in [3.05, 3.63) is 24.3 Å². The molecule has 1 amide bonds. The smallest absolute Gasteiger partial charge is 0.256 e. The normalized spacial score (nSPS) is 19.1. The Morgan fingerprint density at radius 2 is 2.11 bits per heavy atom. The van der Waals surface area contributed by atoms with Crippen molar-refractivity contribution in [1.29, 1.82) is 0 Å². The Labute approximate surface area is 114 Å². The Morgan fingerprint density at radius 3 is 2.68 bits per heavy atom. The predicted molar refractivity (Wildman–Crippen MR) is 77.1 cm³/mol. The molecule has 1 unspecified atom stereocenters. The van der Waals surface area contributed by atoms with Crippen LogP contribution in [0.25, 0.3) is 0 Å². The highest BCUT2D eigenvalue weighted by Gasteiger charge is 2.27. The number of carbonyl (C=O) groups is 1. The summed E-state index contributed by atoms with van der Waals surface area (Å²) in [5, 5.41) is 0. The van der Waals surface area contributed by atoms with Crippen LogP contribution in [0.1, 0.15) is 32.6 Å². The quantitative estimate of drug-likeness (QED) is 0.848. The van der Waals surface area contributed by atoms with Crippen LogP contribution in [0.2, 0.25) is 0 Å². The summed E-state index contributed by atoms with van der Waals surface area (Å²) in [5.41, 5.74) is 7.30. The van der Waals surface area contributed by atoms with Gasteiger partial charge in [0.1, 0.15) is 6.10 Å². The zero-order valence-corrected chi connectivity index (χ0v) is 11.5. The maximum atomic E-state index is 12.5. The molecule has 2 N–H and O–H groups in total. The van der Waals surface area contributed by atoms with Gasteiger partial charge in [0, 0.05) is 24.5 Å². The molecule has 1 atom stereocenters. The van der Waals surface area contributed by atoms with E-state index in [1.165, 1.54) is 0 Å². The molecule has 0 bridgehead atoms. The molecule has 104 valence electrons. The minimum Gasteiger partial charge on any atom is -0.399 e. The largest absolute Gasteiger partial charge is 0.399 e. The van der Waals surface area contributed by atoms with Crippen molar-refractivity contribution in [2.45, 2.75) is 38.7 Å². The van der Waals surface area contributed by atoms with Crippen LogP contribution in [-0.2, 0) is 9.53 Å². The van der Waals surface area contributed by atoms with Gasteiger partial charge in [0.05, 0.1) is 0 Å². The fourth-order valence-corrected chi connectivity index (χ4v) is 2.35. The second-order valence-corrected chi connectivity index (χ2v) is 4.94. The van der Waals surface area contributed by atoms with E-state index in [9.17, 15) is 4.79 Å². The second-order valence-electron chi connectivity index (χ2n) is 4.94. The molecule has 0 aromatic heterocycles. The topological polar surface area (TPSA) is 55.6 Å². The summed E-state index contributed by atoms with van der Waals surface area (Å²) in [6.45, 7) is 3.47. The third kappa shape index (κ3) is 3.47. The fraction of sp³-hybridized carbons (Fsp3) is 0.533. The number of hydrogen-bond donors (Lipinski definition) is 1. The number of anilines is 2. The Bertz CT molecular complexity index is 411. The van der Waals surface area contributed by atoms with Crippen molar-refractivity contribution in [3.63, 3.8) is 0 Å². The van der Waals surface area contributed by atoms with E-state index in [2.05, 4.69) is 6.92 Å². The molecule has 4 heteroatoms. The molecule has 1 aliphatic rings. The van der Waals surface area contributed by atoms with Crippen molar-refractivity contribution in [2.24, 2.45) is 0 Å². The van der Waals surface area contributed by atoms with Gasteiger partial charge in [-0.25, -0.2) is 0 Å². The molecule has 1 aromatic carbocycles. The number of nitrogens with zero attached hydrogens (tertiary/aromatic N) is 1. The first-order valence-electron chi connectivity index (χ1n) is 7.01. The molecule has 1 aromatic rings.